The number of amides is 1. The Morgan fingerprint density at radius 2 is 2.25 bits per heavy atom. The van der Waals surface area contributed by atoms with Gasteiger partial charge in [0.05, 0.1) is 23.1 Å². The first kappa shape index (κ1) is 19.0. The highest BCUT2D eigenvalue weighted by Crippen LogP contribution is 2.19. The summed E-state index contributed by atoms with van der Waals surface area (Å²) in [5.41, 5.74) is 2.42. The summed E-state index contributed by atoms with van der Waals surface area (Å²) >= 11 is 3.46. The molecule has 1 aliphatic rings. The second kappa shape index (κ2) is 8.14. The van der Waals surface area contributed by atoms with Crippen molar-refractivity contribution in [2.45, 2.75) is 38.8 Å². The molecule has 0 spiro atoms. The first-order valence-electron chi connectivity index (χ1n) is 7.89. The lowest BCUT2D eigenvalue weighted by atomic mass is 10.0. The highest BCUT2D eigenvalue weighted by atomic mass is 79.9. The number of carbonyl (C=O) groups excluding carboxylic acids is 1. The van der Waals surface area contributed by atoms with E-state index < -0.39 is 0 Å². The van der Waals surface area contributed by atoms with Gasteiger partial charge in [-0.2, -0.15) is 5.10 Å². The molecule has 1 fully saturated rings. The van der Waals surface area contributed by atoms with Crippen molar-refractivity contribution in [3.8, 4) is 5.69 Å². The molecule has 1 amide bonds. The van der Waals surface area contributed by atoms with Crippen LogP contribution < -0.4 is 10.6 Å². The Morgan fingerprint density at radius 3 is 2.96 bits per heavy atom. The van der Waals surface area contributed by atoms with Crippen LogP contribution in [0.3, 0.4) is 0 Å². The number of hydrogen-bond acceptors (Lipinski definition) is 3. The van der Waals surface area contributed by atoms with Crippen LogP contribution in [0.15, 0.2) is 34.9 Å². The maximum absolute atomic E-state index is 12.6. The summed E-state index contributed by atoms with van der Waals surface area (Å²) < 4.78 is 2.78. The van der Waals surface area contributed by atoms with Crippen LogP contribution in [0, 0.1) is 6.92 Å². The van der Waals surface area contributed by atoms with Crippen LogP contribution in [0.4, 0.5) is 0 Å². The number of nitrogens with one attached hydrogen (secondary N) is 2. The number of nitrogens with zero attached hydrogens (tertiary/aromatic N) is 2. The molecule has 1 aromatic heterocycles. The predicted molar refractivity (Wildman–Crippen MR) is 101 cm³/mol. The molecule has 0 radical (unpaired) electrons. The van der Waals surface area contributed by atoms with Crippen molar-refractivity contribution in [3.63, 3.8) is 0 Å². The summed E-state index contributed by atoms with van der Waals surface area (Å²) in [6.07, 6.45) is 3.58. The van der Waals surface area contributed by atoms with Gasteiger partial charge < -0.3 is 10.6 Å². The van der Waals surface area contributed by atoms with E-state index in [0.29, 0.717) is 11.6 Å². The van der Waals surface area contributed by atoms with E-state index in [0.717, 1.165) is 35.2 Å². The minimum Gasteiger partial charge on any atom is -0.349 e. The summed E-state index contributed by atoms with van der Waals surface area (Å²) in [6, 6.07) is 8.55. The smallest absolute Gasteiger partial charge is 0.254 e. The fourth-order valence-corrected chi connectivity index (χ4v) is 3.41. The summed E-state index contributed by atoms with van der Waals surface area (Å²) in [5.74, 6) is -0.0390. The van der Waals surface area contributed by atoms with Crippen molar-refractivity contribution < 1.29 is 4.79 Å². The summed E-state index contributed by atoms with van der Waals surface area (Å²) in [7, 11) is 0. The Labute approximate surface area is 156 Å². The molecule has 2 unspecified atom stereocenters. The monoisotopic (exact) mass is 412 g/mol. The second-order valence-corrected chi connectivity index (χ2v) is 7.00. The van der Waals surface area contributed by atoms with Gasteiger partial charge in [0, 0.05) is 16.6 Å². The van der Waals surface area contributed by atoms with Gasteiger partial charge in [0.15, 0.2) is 0 Å². The van der Waals surface area contributed by atoms with Crippen LogP contribution in [-0.4, -0.2) is 34.3 Å². The first-order valence-corrected chi connectivity index (χ1v) is 8.68. The van der Waals surface area contributed by atoms with Gasteiger partial charge in [0.1, 0.15) is 0 Å². The number of rotatable bonds is 3. The summed E-state index contributed by atoms with van der Waals surface area (Å²) in [4.78, 5) is 12.6. The molecule has 2 atom stereocenters. The molecule has 1 saturated heterocycles. The van der Waals surface area contributed by atoms with Crippen LogP contribution in [0.1, 0.15) is 35.8 Å². The van der Waals surface area contributed by atoms with Crippen molar-refractivity contribution in [1.29, 1.82) is 0 Å². The van der Waals surface area contributed by atoms with Gasteiger partial charge in [-0.05, 0) is 51.4 Å². The lowest BCUT2D eigenvalue weighted by molar-refractivity contribution is 0.0925. The highest BCUT2D eigenvalue weighted by Gasteiger charge is 2.22. The lowest BCUT2D eigenvalue weighted by Crippen LogP contribution is -2.46. The van der Waals surface area contributed by atoms with E-state index in [1.165, 1.54) is 0 Å². The van der Waals surface area contributed by atoms with Gasteiger partial charge in [-0.3, -0.25) is 4.79 Å². The maximum Gasteiger partial charge on any atom is 0.254 e. The van der Waals surface area contributed by atoms with Gasteiger partial charge in [0.2, 0.25) is 0 Å². The third kappa shape index (κ3) is 4.18. The Hall–Kier alpha value is -1.37. The lowest BCUT2D eigenvalue weighted by Gasteiger charge is -2.28. The Kier molecular flexibility index (Phi) is 6.43. The second-order valence-electron chi connectivity index (χ2n) is 6.09. The summed E-state index contributed by atoms with van der Waals surface area (Å²) in [5, 5.41) is 10.9. The Morgan fingerprint density at radius 1 is 1.46 bits per heavy atom. The first-order chi connectivity index (χ1) is 11.0. The molecular formula is C17H22BrClN4O. The number of hydrogen-bond donors (Lipinski definition) is 2. The molecule has 24 heavy (non-hydrogen) atoms. The van der Waals surface area contributed by atoms with Gasteiger partial charge in [-0.25, -0.2) is 4.68 Å². The molecule has 130 valence electrons. The van der Waals surface area contributed by atoms with Crippen molar-refractivity contribution in [2.24, 2.45) is 0 Å². The topological polar surface area (TPSA) is 59.0 Å². The van der Waals surface area contributed by atoms with Gasteiger partial charge in [-0.1, -0.05) is 22.0 Å². The zero-order chi connectivity index (χ0) is 16.4. The standard InChI is InChI=1S/C17H21BrN4O.ClH/c1-11-8-14(6-7-19-11)21-17(23)16-10-20-22(12(16)2)15-5-3-4-13(18)9-15;/h3-5,9-11,14,19H,6-8H2,1-2H3,(H,21,23);1H. The molecule has 3 rings (SSSR count). The average molecular weight is 414 g/mol. The molecule has 0 aliphatic carbocycles. The number of carbonyl (C=O) groups is 1. The van der Waals surface area contributed by atoms with E-state index in [1.807, 2.05) is 31.2 Å². The van der Waals surface area contributed by atoms with E-state index in [1.54, 1.807) is 10.9 Å². The number of piperidine rings is 1. The third-order valence-corrected chi connectivity index (χ3v) is 4.76. The van der Waals surface area contributed by atoms with Crippen LogP contribution in [0.5, 0.6) is 0 Å². The molecule has 0 saturated carbocycles. The normalized spacial score (nSPS) is 20.3. The molecule has 5 nitrogen and oxygen atoms in total. The van der Waals surface area contributed by atoms with Crippen LogP contribution >= 0.6 is 28.3 Å². The number of benzene rings is 1. The molecule has 1 aromatic carbocycles. The van der Waals surface area contributed by atoms with E-state index in [2.05, 4.69) is 38.6 Å². The molecular weight excluding hydrogens is 392 g/mol. The SMILES string of the molecule is Cc1c(C(=O)NC2CCNC(C)C2)cnn1-c1cccc(Br)c1.Cl. The van der Waals surface area contributed by atoms with E-state index in [9.17, 15) is 4.79 Å². The molecule has 2 heterocycles. The van der Waals surface area contributed by atoms with Crippen molar-refractivity contribution in [2.75, 3.05) is 6.54 Å². The van der Waals surface area contributed by atoms with E-state index in [-0.39, 0.29) is 24.4 Å². The van der Waals surface area contributed by atoms with Gasteiger partial charge in [0.25, 0.3) is 5.91 Å². The minimum absolute atomic E-state index is 0. The molecule has 1 aliphatic heterocycles. The van der Waals surface area contributed by atoms with Crippen LogP contribution in [0.25, 0.3) is 5.69 Å². The fourth-order valence-electron chi connectivity index (χ4n) is 3.03. The highest BCUT2D eigenvalue weighted by molar-refractivity contribution is 9.10. The maximum atomic E-state index is 12.6. The quantitative estimate of drug-likeness (QED) is 0.812. The number of halogens is 2. The number of aromatic nitrogens is 2. The fraction of sp³-hybridized carbons (Fsp3) is 0.412. The largest absolute Gasteiger partial charge is 0.349 e. The van der Waals surface area contributed by atoms with Crippen molar-refractivity contribution in [3.05, 3.63) is 46.2 Å². The molecule has 2 aromatic rings. The van der Waals surface area contributed by atoms with Gasteiger partial charge >= 0.3 is 0 Å². The zero-order valence-electron chi connectivity index (χ0n) is 13.8. The molecule has 2 N–H and O–H groups in total. The molecule has 0 bridgehead atoms. The van der Waals surface area contributed by atoms with Crippen molar-refractivity contribution >= 4 is 34.2 Å². The van der Waals surface area contributed by atoms with E-state index >= 15 is 0 Å². The van der Waals surface area contributed by atoms with Crippen LogP contribution in [-0.2, 0) is 0 Å². The Balaban J connectivity index is 0.00000208. The van der Waals surface area contributed by atoms with Crippen molar-refractivity contribution in [1.82, 2.24) is 20.4 Å². The van der Waals surface area contributed by atoms with Crippen LogP contribution in [0.2, 0.25) is 0 Å². The minimum atomic E-state index is -0.0390. The average Bonchev–Trinajstić information content (AvgIpc) is 2.89. The predicted octanol–water partition coefficient (Wildman–Crippen LogP) is 3.24. The Bertz CT molecular complexity index is 718. The third-order valence-electron chi connectivity index (χ3n) is 4.27. The van der Waals surface area contributed by atoms with Gasteiger partial charge in [-0.15, -0.1) is 12.4 Å². The zero-order valence-corrected chi connectivity index (χ0v) is 16.2. The van der Waals surface area contributed by atoms with E-state index in [4.69, 9.17) is 0 Å². The summed E-state index contributed by atoms with van der Waals surface area (Å²) in [6.45, 7) is 5.02. The molecule has 7 heteroatoms.